The highest BCUT2D eigenvalue weighted by molar-refractivity contribution is 4.77. The van der Waals surface area contributed by atoms with Crippen LogP contribution < -0.4 is 0 Å². The van der Waals surface area contributed by atoms with Crippen LogP contribution in [0.1, 0.15) is 51.4 Å². The van der Waals surface area contributed by atoms with E-state index in [0.717, 1.165) is 51.4 Å². The van der Waals surface area contributed by atoms with Crippen molar-refractivity contribution in [3.05, 3.63) is 0 Å². The Morgan fingerprint density at radius 3 is 2.19 bits per heavy atom. The molecule has 94 valence electrons. The van der Waals surface area contributed by atoms with Crippen LogP contribution >= 0.6 is 0 Å². The molecule has 3 heteroatoms. The molecule has 2 rings (SSSR count). The van der Waals surface area contributed by atoms with Gasteiger partial charge in [0.1, 0.15) is 0 Å². The van der Waals surface area contributed by atoms with Crippen LogP contribution in [0.4, 0.5) is 0 Å². The Hall–Kier alpha value is -0.120. The first-order valence-electron chi connectivity index (χ1n) is 6.64. The van der Waals surface area contributed by atoms with Crippen molar-refractivity contribution < 1.29 is 14.6 Å². The van der Waals surface area contributed by atoms with E-state index >= 15 is 0 Å². The third-order valence-electron chi connectivity index (χ3n) is 3.94. The van der Waals surface area contributed by atoms with Crippen molar-refractivity contribution in [1.29, 1.82) is 0 Å². The molecule has 0 spiro atoms. The summed E-state index contributed by atoms with van der Waals surface area (Å²) in [6, 6.07) is 0. The highest BCUT2D eigenvalue weighted by atomic mass is 16.5. The molecule has 3 nitrogen and oxygen atoms in total. The first kappa shape index (κ1) is 12.3. The first-order chi connectivity index (χ1) is 7.78. The number of hydrogen-bond acceptors (Lipinski definition) is 3. The van der Waals surface area contributed by atoms with E-state index in [1.807, 2.05) is 0 Å². The van der Waals surface area contributed by atoms with Crippen LogP contribution in [-0.2, 0) is 9.47 Å². The fourth-order valence-corrected chi connectivity index (χ4v) is 2.92. The second-order valence-electron chi connectivity index (χ2n) is 5.21. The average molecular weight is 228 g/mol. The third kappa shape index (κ3) is 3.44. The molecule has 0 amide bonds. The summed E-state index contributed by atoms with van der Waals surface area (Å²) >= 11 is 0. The number of aliphatic hydroxyl groups excluding tert-OH is 1. The zero-order valence-electron chi connectivity index (χ0n) is 10.2. The Morgan fingerprint density at radius 1 is 0.875 bits per heavy atom. The second kappa shape index (κ2) is 5.99. The van der Waals surface area contributed by atoms with Crippen LogP contribution in [0.5, 0.6) is 0 Å². The second-order valence-corrected chi connectivity index (χ2v) is 5.21. The van der Waals surface area contributed by atoms with Crippen molar-refractivity contribution in [2.24, 2.45) is 0 Å². The van der Waals surface area contributed by atoms with E-state index < -0.39 is 0 Å². The Balaban J connectivity index is 1.69. The van der Waals surface area contributed by atoms with Crippen LogP contribution in [0.3, 0.4) is 0 Å². The van der Waals surface area contributed by atoms with E-state index in [0.29, 0.717) is 18.3 Å². The number of methoxy groups -OCH3 is 1. The van der Waals surface area contributed by atoms with Gasteiger partial charge in [0, 0.05) is 7.11 Å². The van der Waals surface area contributed by atoms with Gasteiger partial charge in [-0.25, -0.2) is 0 Å². The summed E-state index contributed by atoms with van der Waals surface area (Å²) in [4.78, 5) is 0. The molecule has 16 heavy (non-hydrogen) atoms. The van der Waals surface area contributed by atoms with Gasteiger partial charge in [0.15, 0.2) is 0 Å². The highest BCUT2D eigenvalue weighted by Crippen LogP contribution is 2.28. The van der Waals surface area contributed by atoms with Gasteiger partial charge in [-0.15, -0.1) is 0 Å². The molecular weight excluding hydrogens is 204 g/mol. The molecule has 0 aromatic rings. The molecule has 0 aromatic carbocycles. The van der Waals surface area contributed by atoms with Crippen LogP contribution in [-0.4, -0.2) is 36.6 Å². The Morgan fingerprint density at radius 2 is 1.56 bits per heavy atom. The fourth-order valence-electron chi connectivity index (χ4n) is 2.92. The van der Waals surface area contributed by atoms with Gasteiger partial charge in [0.05, 0.1) is 24.4 Å². The highest BCUT2D eigenvalue weighted by Gasteiger charge is 2.27. The number of aliphatic hydroxyl groups is 1. The zero-order chi connectivity index (χ0) is 11.4. The molecule has 0 bridgehead atoms. The predicted molar refractivity (Wildman–Crippen MR) is 62.4 cm³/mol. The lowest BCUT2D eigenvalue weighted by Crippen LogP contribution is -2.33. The van der Waals surface area contributed by atoms with Crippen LogP contribution in [0, 0.1) is 0 Å². The van der Waals surface area contributed by atoms with Gasteiger partial charge in [-0.05, 0) is 51.4 Å². The van der Waals surface area contributed by atoms with Gasteiger partial charge in [0.25, 0.3) is 0 Å². The normalized spacial score (nSPS) is 40.9. The molecule has 0 aliphatic heterocycles. The summed E-state index contributed by atoms with van der Waals surface area (Å²) in [6.07, 6.45) is 9.52. The van der Waals surface area contributed by atoms with Gasteiger partial charge in [0.2, 0.25) is 0 Å². The van der Waals surface area contributed by atoms with Crippen molar-refractivity contribution >= 4 is 0 Å². The topological polar surface area (TPSA) is 38.7 Å². The van der Waals surface area contributed by atoms with Gasteiger partial charge < -0.3 is 14.6 Å². The van der Waals surface area contributed by atoms with E-state index in [2.05, 4.69) is 0 Å². The number of rotatable bonds is 3. The fraction of sp³-hybridized carbons (Fsp3) is 1.00. The molecule has 2 aliphatic carbocycles. The maximum absolute atomic E-state index is 9.59. The number of ether oxygens (including phenoxy) is 2. The van der Waals surface area contributed by atoms with Crippen molar-refractivity contribution in [2.45, 2.75) is 75.8 Å². The molecule has 2 saturated carbocycles. The summed E-state index contributed by atoms with van der Waals surface area (Å²) in [5.74, 6) is 0. The average Bonchev–Trinajstić information content (AvgIpc) is 2.30. The van der Waals surface area contributed by atoms with Crippen LogP contribution in [0.15, 0.2) is 0 Å². The zero-order valence-corrected chi connectivity index (χ0v) is 10.2. The van der Waals surface area contributed by atoms with Gasteiger partial charge in [-0.2, -0.15) is 0 Å². The minimum Gasteiger partial charge on any atom is -0.393 e. The van der Waals surface area contributed by atoms with Crippen molar-refractivity contribution in [1.82, 2.24) is 0 Å². The molecular formula is C13H24O3. The number of hydrogen-bond donors (Lipinski definition) is 1. The van der Waals surface area contributed by atoms with E-state index in [-0.39, 0.29) is 6.10 Å². The third-order valence-corrected chi connectivity index (χ3v) is 3.94. The molecule has 2 unspecified atom stereocenters. The molecule has 2 atom stereocenters. The maximum Gasteiger partial charge on any atom is 0.0603 e. The molecule has 1 N–H and O–H groups in total. The summed E-state index contributed by atoms with van der Waals surface area (Å²) < 4.78 is 11.4. The quantitative estimate of drug-likeness (QED) is 0.805. The van der Waals surface area contributed by atoms with Gasteiger partial charge in [-0.1, -0.05) is 0 Å². The lowest BCUT2D eigenvalue weighted by molar-refractivity contribution is -0.0820. The smallest absolute Gasteiger partial charge is 0.0603 e. The molecule has 0 saturated heterocycles. The van der Waals surface area contributed by atoms with Gasteiger partial charge in [-0.3, -0.25) is 0 Å². The maximum atomic E-state index is 9.59. The minimum atomic E-state index is -0.130. The summed E-state index contributed by atoms with van der Waals surface area (Å²) in [6.45, 7) is 0. The first-order valence-corrected chi connectivity index (χ1v) is 6.64. The molecule has 2 fully saturated rings. The summed E-state index contributed by atoms with van der Waals surface area (Å²) in [5, 5.41) is 9.59. The molecule has 2 aliphatic rings. The summed E-state index contributed by atoms with van der Waals surface area (Å²) in [7, 11) is 1.79. The molecule has 0 aromatic heterocycles. The van der Waals surface area contributed by atoms with E-state index in [9.17, 15) is 5.11 Å². The van der Waals surface area contributed by atoms with Crippen molar-refractivity contribution in [2.75, 3.05) is 7.11 Å². The largest absolute Gasteiger partial charge is 0.393 e. The Kier molecular flexibility index (Phi) is 4.62. The van der Waals surface area contributed by atoms with Crippen LogP contribution in [0.2, 0.25) is 0 Å². The SMILES string of the molecule is COC1CCC(OC2CCCC(O)C2)CC1. The minimum absolute atomic E-state index is 0.130. The standard InChI is InChI=1S/C13H24O3/c1-15-11-5-7-12(8-6-11)16-13-4-2-3-10(14)9-13/h10-14H,2-9H2,1H3. The molecule has 0 radical (unpaired) electrons. The van der Waals surface area contributed by atoms with Crippen LogP contribution in [0.25, 0.3) is 0 Å². The van der Waals surface area contributed by atoms with E-state index in [1.165, 1.54) is 0 Å². The lowest BCUT2D eigenvalue weighted by Gasteiger charge is -2.33. The molecule has 0 heterocycles. The van der Waals surface area contributed by atoms with Crippen molar-refractivity contribution in [3.8, 4) is 0 Å². The lowest BCUT2D eigenvalue weighted by atomic mass is 9.92. The van der Waals surface area contributed by atoms with E-state index in [4.69, 9.17) is 9.47 Å². The van der Waals surface area contributed by atoms with Gasteiger partial charge >= 0.3 is 0 Å². The Labute approximate surface area is 98.1 Å². The predicted octanol–water partition coefficient (Wildman–Crippen LogP) is 2.26. The Bertz CT molecular complexity index is 199. The monoisotopic (exact) mass is 228 g/mol. The summed E-state index contributed by atoms with van der Waals surface area (Å²) in [5.41, 5.74) is 0. The van der Waals surface area contributed by atoms with Crippen molar-refractivity contribution in [3.63, 3.8) is 0 Å². The van der Waals surface area contributed by atoms with E-state index in [1.54, 1.807) is 7.11 Å².